The molecule has 26 heavy (non-hydrogen) atoms. The van der Waals surface area contributed by atoms with Crippen LogP contribution in [0, 0.1) is 12.3 Å². The minimum atomic E-state index is -0.361. The van der Waals surface area contributed by atoms with Crippen molar-refractivity contribution >= 4 is 6.09 Å². The molecule has 134 valence electrons. The maximum Gasteiger partial charge on any atom is 0.407 e. The quantitative estimate of drug-likeness (QED) is 0.786. The Morgan fingerprint density at radius 1 is 1.23 bits per heavy atom. The lowest BCUT2D eigenvalue weighted by Crippen LogP contribution is -2.38. The molecule has 1 aliphatic heterocycles. The SMILES string of the molecule is C#Cc1ccc(CC2NCCC2OC(=O)NCCc2ccncc2)cc1. The molecule has 1 aromatic heterocycles. The maximum absolute atomic E-state index is 12.1. The molecule has 2 unspecified atom stereocenters. The van der Waals surface area contributed by atoms with Crippen LogP contribution in [0.25, 0.3) is 0 Å². The Labute approximate surface area is 154 Å². The van der Waals surface area contributed by atoms with Gasteiger partial charge in [-0.2, -0.15) is 0 Å². The third-order valence-corrected chi connectivity index (χ3v) is 4.55. The summed E-state index contributed by atoms with van der Waals surface area (Å²) in [5.74, 6) is 2.62. The number of nitrogens with one attached hydrogen (secondary N) is 2. The van der Waals surface area contributed by atoms with E-state index < -0.39 is 0 Å². The van der Waals surface area contributed by atoms with Crippen molar-refractivity contribution in [2.45, 2.75) is 31.4 Å². The first-order chi connectivity index (χ1) is 12.7. The minimum absolute atomic E-state index is 0.122. The number of hydrogen-bond acceptors (Lipinski definition) is 4. The van der Waals surface area contributed by atoms with Gasteiger partial charge < -0.3 is 15.4 Å². The molecule has 2 N–H and O–H groups in total. The molecule has 2 atom stereocenters. The first-order valence-corrected chi connectivity index (χ1v) is 8.87. The fourth-order valence-corrected chi connectivity index (χ4v) is 3.12. The highest BCUT2D eigenvalue weighted by molar-refractivity contribution is 5.67. The highest BCUT2D eigenvalue weighted by Crippen LogP contribution is 2.17. The highest BCUT2D eigenvalue weighted by atomic mass is 16.6. The Hall–Kier alpha value is -2.84. The Bertz CT molecular complexity index is 753. The van der Waals surface area contributed by atoms with Crippen LogP contribution in [0.2, 0.25) is 0 Å². The minimum Gasteiger partial charge on any atom is -0.445 e. The van der Waals surface area contributed by atoms with Gasteiger partial charge in [0.05, 0.1) is 0 Å². The average Bonchev–Trinajstić information content (AvgIpc) is 3.10. The van der Waals surface area contributed by atoms with Gasteiger partial charge in [0.25, 0.3) is 0 Å². The fourth-order valence-electron chi connectivity index (χ4n) is 3.12. The first-order valence-electron chi connectivity index (χ1n) is 8.87. The van der Waals surface area contributed by atoms with Gasteiger partial charge in [-0.15, -0.1) is 6.42 Å². The van der Waals surface area contributed by atoms with Crippen LogP contribution in [0.1, 0.15) is 23.1 Å². The van der Waals surface area contributed by atoms with E-state index in [0.717, 1.165) is 36.9 Å². The van der Waals surface area contributed by atoms with Gasteiger partial charge in [-0.3, -0.25) is 4.98 Å². The highest BCUT2D eigenvalue weighted by Gasteiger charge is 2.30. The van der Waals surface area contributed by atoms with Crippen molar-refractivity contribution in [2.24, 2.45) is 0 Å². The number of rotatable bonds is 6. The summed E-state index contributed by atoms with van der Waals surface area (Å²) in [5.41, 5.74) is 3.18. The topological polar surface area (TPSA) is 63.2 Å². The van der Waals surface area contributed by atoms with E-state index in [1.165, 1.54) is 5.56 Å². The van der Waals surface area contributed by atoms with Crippen molar-refractivity contribution in [3.63, 3.8) is 0 Å². The summed E-state index contributed by atoms with van der Waals surface area (Å²) >= 11 is 0. The van der Waals surface area contributed by atoms with E-state index >= 15 is 0 Å². The van der Waals surface area contributed by atoms with Crippen LogP contribution >= 0.6 is 0 Å². The zero-order valence-corrected chi connectivity index (χ0v) is 14.7. The lowest BCUT2D eigenvalue weighted by Gasteiger charge is -2.20. The number of carbonyl (C=O) groups is 1. The van der Waals surface area contributed by atoms with Crippen molar-refractivity contribution in [3.8, 4) is 12.3 Å². The summed E-state index contributed by atoms with van der Waals surface area (Å²) in [7, 11) is 0. The van der Waals surface area contributed by atoms with Crippen molar-refractivity contribution in [3.05, 3.63) is 65.5 Å². The van der Waals surface area contributed by atoms with E-state index in [0.29, 0.717) is 6.54 Å². The molecule has 3 rings (SSSR count). The normalized spacial score (nSPS) is 18.9. The van der Waals surface area contributed by atoms with Crippen LogP contribution < -0.4 is 10.6 Å². The number of nitrogens with zero attached hydrogens (tertiary/aromatic N) is 1. The summed E-state index contributed by atoms with van der Waals surface area (Å²) < 4.78 is 5.62. The number of hydrogen-bond donors (Lipinski definition) is 2. The molecule has 0 aliphatic carbocycles. The second-order valence-electron chi connectivity index (χ2n) is 6.37. The van der Waals surface area contributed by atoms with Crippen molar-refractivity contribution in [1.82, 2.24) is 15.6 Å². The Kier molecular flexibility index (Phi) is 6.24. The molecule has 0 spiro atoms. The number of pyridine rings is 1. The van der Waals surface area contributed by atoms with E-state index in [9.17, 15) is 4.79 Å². The monoisotopic (exact) mass is 349 g/mol. The molecule has 5 nitrogen and oxygen atoms in total. The zero-order chi connectivity index (χ0) is 18.2. The summed E-state index contributed by atoms with van der Waals surface area (Å²) in [6.07, 6.45) is 10.8. The van der Waals surface area contributed by atoms with E-state index in [2.05, 4.69) is 21.5 Å². The number of aromatic nitrogens is 1. The van der Waals surface area contributed by atoms with Crippen LogP contribution in [0.5, 0.6) is 0 Å². The lowest BCUT2D eigenvalue weighted by molar-refractivity contribution is 0.0902. The smallest absolute Gasteiger partial charge is 0.407 e. The van der Waals surface area contributed by atoms with Crippen molar-refractivity contribution in [1.29, 1.82) is 0 Å². The van der Waals surface area contributed by atoms with Gasteiger partial charge in [0.15, 0.2) is 0 Å². The number of benzene rings is 1. The number of ether oxygens (including phenoxy) is 1. The third kappa shape index (κ3) is 5.08. The second-order valence-corrected chi connectivity index (χ2v) is 6.37. The molecule has 1 amide bonds. The molecule has 0 bridgehead atoms. The van der Waals surface area contributed by atoms with E-state index in [4.69, 9.17) is 11.2 Å². The van der Waals surface area contributed by atoms with E-state index in [1.54, 1.807) is 12.4 Å². The molecule has 0 saturated carbocycles. The number of amides is 1. The fraction of sp³-hybridized carbons (Fsp3) is 0.333. The Morgan fingerprint density at radius 2 is 2.00 bits per heavy atom. The van der Waals surface area contributed by atoms with Crippen LogP contribution in [-0.4, -0.2) is 36.3 Å². The van der Waals surface area contributed by atoms with Crippen LogP contribution in [0.3, 0.4) is 0 Å². The third-order valence-electron chi connectivity index (χ3n) is 4.55. The molecule has 1 aromatic carbocycles. The lowest BCUT2D eigenvalue weighted by atomic mass is 10.0. The first kappa shape index (κ1) is 18.0. The van der Waals surface area contributed by atoms with Gasteiger partial charge in [-0.1, -0.05) is 18.1 Å². The summed E-state index contributed by atoms with van der Waals surface area (Å²) in [6, 6.07) is 11.9. The van der Waals surface area contributed by atoms with Gasteiger partial charge in [0.2, 0.25) is 0 Å². The Morgan fingerprint density at radius 3 is 2.73 bits per heavy atom. The molecule has 0 radical (unpaired) electrons. The summed E-state index contributed by atoms with van der Waals surface area (Å²) in [6.45, 7) is 1.39. The largest absolute Gasteiger partial charge is 0.445 e. The van der Waals surface area contributed by atoms with Crippen molar-refractivity contribution < 1.29 is 9.53 Å². The van der Waals surface area contributed by atoms with Crippen LogP contribution in [-0.2, 0) is 17.6 Å². The summed E-state index contributed by atoms with van der Waals surface area (Å²) in [5, 5.41) is 6.24. The Balaban J connectivity index is 1.45. The second kappa shape index (κ2) is 9.02. The molecular formula is C21H23N3O2. The van der Waals surface area contributed by atoms with Gasteiger partial charge in [0, 0.05) is 30.5 Å². The molecule has 1 fully saturated rings. The predicted octanol–water partition coefficient (Wildman–Crippen LogP) is 2.30. The molecule has 5 heteroatoms. The molecular weight excluding hydrogens is 326 g/mol. The molecule has 2 heterocycles. The summed E-state index contributed by atoms with van der Waals surface area (Å²) in [4.78, 5) is 16.1. The predicted molar refractivity (Wildman–Crippen MR) is 101 cm³/mol. The molecule has 1 aliphatic rings. The maximum atomic E-state index is 12.1. The number of terminal acetylenes is 1. The van der Waals surface area contributed by atoms with Gasteiger partial charge in [-0.25, -0.2) is 4.79 Å². The van der Waals surface area contributed by atoms with Crippen molar-refractivity contribution in [2.75, 3.05) is 13.1 Å². The van der Waals surface area contributed by atoms with Gasteiger partial charge in [0.1, 0.15) is 6.10 Å². The van der Waals surface area contributed by atoms with Gasteiger partial charge in [-0.05, 0) is 61.2 Å². The van der Waals surface area contributed by atoms with E-state index in [-0.39, 0.29) is 18.2 Å². The standard InChI is InChI=1S/C21H23N3O2/c1-2-16-3-5-18(6-4-16)15-19-20(10-14-23-19)26-21(25)24-13-9-17-7-11-22-12-8-17/h1,3-8,11-12,19-20,23H,9-10,13-15H2,(H,24,25). The van der Waals surface area contributed by atoms with E-state index in [1.807, 2.05) is 36.4 Å². The zero-order valence-electron chi connectivity index (χ0n) is 14.7. The van der Waals surface area contributed by atoms with Gasteiger partial charge >= 0.3 is 6.09 Å². The van der Waals surface area contributed by atoms with Crippen LogP contribution in [0.4, 0.5) is 4.79 Å². The number of alkyl carbamates (subject to hydrolysis) is 1. The molecule has 1 saturated heterocycles. The molecule has 2 aromatic rings. The number of carbonyl (C=O) groups excluding carboxylic acids is 1. The average molecular weight is 349 g/mol. The van der Waals surface area contributed by atoms with Crippen LogP contribution in [0.15, 0.2) is 48.8 Å².